The van der Waals surface area contributed by atoms with Gasteiger partial charge in [-0.3, -0.25) is 9.80 Å². The van der Waals surface area contributed by atoms with Gasteiger partial charge in [-0.2, -0.15) is 0 Å². The van der Waals surface area contributed by atoms with Gasteiger partial charge in [0, 0.05) is 51.9 Å². The van der Waals surface area contributed by atoms with Crippen LogP contribution < -0.4 is 0 Å². The summed E-state index contributed by atoms with van der Waals surface area (Å²) < 4.78 is 0. The van der Waals surface area contributed by atoms with Gasteiger partial charge in [0.05, 0.1) is 6.61 Å². The number of likely N-dealkylation sites (tertiary alicyclic amines) is 1. The van der Waals surface area contributed by atoms with Gasteiger partial charge < -0.3 is 10.0 Å². The van der Waals surface area contributed by atoms with Crippen molar-refractivity contribution in [3.8, 4) is 0 Å². The third-order valence-corrected chi connectivity index (χ3v) is 3.41. The predicted molar refractivity (Wildman–Crippen MR) is 56.4 cm³/mol. The van der Waals surface area contributed by atoms with Crippen LogP contribution >= 0.6 is 0 Å². The molecule has 0 aromatic heterocycles. The average molecular weight is 199 g/mol. The Kier molecular flexibility index (Phi) is 3.38. The molecule has 0 aromatic rings. The Morgan fingerprint density at radius 3 is 2.36 bits per heavy atom. The molecule has 2 saturated heterocycles. The van der Waals surface area contributed by atoms with Crippen molar-refractivity contribution >= 4 is 0 Å². The molecule has 4 nitrogen and oxygen atoms in total. The SMILES string of the molecule is CN1CCN(C2CN(CCO)C2)CC1. The van der Waals surface area contributed by atoms with Gasteiger partial charge in [-0.05, 0) is 7.05 Å². The van der Waals surface area contributed by atoms with E-state index in [0.717, 1.165) is 25.7 Å². The lowest BCUT2D eigenvalue weighted by molar-refractivity contribution is 0.00277. The summed E-state index contributed by atoms with van der Waals surface area (Å²) >= 11 is 0. The molecule has 0 bridgehead atoms. The molecule has 2 aliphatic rings. The summed E-state index contributed by atoms with van der Waals surface area (Å²) in [5.74, 6) is 0. The Bertz CT molecular complexity index is 174. The highest BCUT2D eigenvalue weighted by molar-refractivity contribution is 4.89. The normalized spacial score (nSPS) is 27.9. The Morgan fingerprint density at radius 1 is 1.14 bits per heavy atom. The number of nitrogens with zero attached hydrogens (tertiary/aromatic N) is 3. The number of likely N-dealkylation sites (N-methyl/N-ethyl adjacent to an activating group) is 1. The number of hydrogen-bond donors (Lipinski definition) is 1. The molecular weight excluding hydrogens is 178 g/mol. The van der Waals surface area contributed by atoms with Gasteiger partial charge in [-0.1, -0.05) is 0 Å². The fraction of sp³-hybridized carbons (Fsp3) is 1.00. The highest BCUT2D eigenvalue weighted by Crippen LogP contribution is 2.15. The number of piperazine rings is 1. The number of aliphatic hydroxyl groups excluding tert-OH is 1. The maximum absolute atomic E-state index is 8.77. The summed E-state index contributed by atoms with van der Waals surface area (Å²) in [6.45, 7) is 8.31. The fourth-order valence-electron chi connectivity index (χ4n) is 2.28. The zero-order valence-electron chi connectivity index (χ0n) is 9.02. The zero-order chi connectivity index (χ0) is 9.97. The Labute approximate surface area is 86.1 Å². The van der Waals surface area contributed by atoms with Crippen LogP contribution in [0.4, 0.5) is 0 Å². The molecule has 14 heavy (non-hydrogen) atoms. The molecule has 2 fully saturated rings. The molecule has 0 saturated carbocycles. The summed E-state index contributed by atoms with van der Waals surface area (Å²) in [6.07, 6.45) is 0. The third-order valence-electron chi connectivity index (χ3n) is 3.41. The minimum absolute atomic E-state index is 0.301. The summed E-state index contributed by atoms with van der Waals surface area (Å²) in [5.41, 5.74) is 0. The maximum atomic E-state index is 8.77. The van der Waals surface area contributed by atoms with Crippen molar-refractivity contribution in [3.05, 3.63) is 0 Å². The van der Waals surface area contributed by atoms with Crippen molar-refractivity contribution in [2.24, 2.45) is 0 Å². The smallest absolute Gasteiger partial charge is 0.0558 e. The fourth-order valence-corrected chi connectivity index (χ4v) is 2.28. The predicted octanol–water partition coefficient (Wildman–Crippen LogP) is -1.09. The lowest BCUT2D eigenvalue weighted by atomic mass is 10.1. The van der Waals surface area contributed by atoms with Crippen LogP contribution in [-0.2, 0) is 0 Å². The second-order valence-corrected chi connectivity index (χ2v) is 4.48. The molecule has 2 heterocycles. The van der Waals surface area contributed by atoms with E-state index in [4.69, 9.17) is 5.11 Å². The van der Waals surface area contributed by atoms with Gasteiger partial charge in [0.15, 0.2) is 0 Å². The van der Waals surface area contributed by atoms with Crippen LogP contribution in [0.2, 0.25) is 0 Å². The van der Waals surface area contributed by atoms with E-state index in [0.29, 0.717) is 6.61 Å². The van der Waals surface area contributed by atoms with Crippen LogP contribution in [0.15, 0.2) is 0 Å². The molecule has 0 amide bonds. The second-order valence-electron chi connectivity index (χ2n) is 4.48. The van der Waals surface area contributed by atoms with Crippen molar-refractivity contribution < 1.29 is 5.11 Å². The van der Waals surface area contributed by atoms with E-state index in [1.54, 1.807) is 0 Å². The van der Waals surface area contributed by atoms with Crippen LogP contribution in [0.3, 0.4) is 0 Å². The quantitative estimate of drug-likeness (QED) is 0.625. The molecule has 0 spiro atoms. The molecule has 0 aromatic carbocycles. The maximum Gasteiger partial charge on any atom is 0.0558 e. The van der Waals surface area contributed by atoms with E-state index in [1.165, 1.54) is 26.2 Å². The Balaban J connectivity index is 1.67. The summed E-state index contributed by atoms with van der Waals surface area (Å²) in [4.78, 5) is 7.30. The molecule has 0 radical (unpaired) electrons. The molecule has 82 valence electrons. The molecule has 4 heteroatoms. The second kappa shape index (κ2) is 4.57. The number of aliphatic hydroxyl groups is 1. The van der Waals surface area contributed by atoms with Crippen LogP contribution in [-0.4, -0.2) is 85.3 Å². The van der Waals surface area contributed by atoms with Crippen LogP contribution in [0.25, 0.3) is 0 Å². The average Bonchev–Trinajstić information content (AvgIpc) is 2.13. The van der Waals surface area contributed by atoms with Gasteiger partial charge in [-0.15, -0.1) is 0 Å². The van der Waals surface area contributed by atoms with Crippen molar-refractivity contribution in [1.82, 2.24) is 14.7 Å². The van der Waals surface area contributed by atoms with Gasteiger partial charge in [0.1, 0.15) is 0 Å². The molecule has 1 N–H and O–H groups in total. The van der Waals surface area contributed by atoms with E-state index in [-0.39, 0.29) is 0 Å². The van der Waals surface area contributed by atoms with Crippen LogP contribution in [0.5, 0.6) is 0 Å². The topological polar surface area (TPSA) is 30.0 Å². The first-order valence-corrected chi connectivity index (χ1v) is 5.55. The first-order valence-electron chi connectivity index (χ1n) is 5.55. The van der Waals surface area contributed by atoms with E-state index in [2.05, 4.69) is 21.7 Å². The van der Waals surface area contributed by atoms with E-state index in [1.807, 2.05) is 0 Å². The molecule has 0 atom stereocenters. The standard InChI is InChI=1S/C10H21N3O/c1-11-2-4-13(5-3-11)10-8-12(9-10)6-7-14/h10,14H,2-9H2,1H3. The van der Waals surface area contributed by atoms with Crippen molar-refractivity contribution in [3.63, 3.8) is 0 Å². The lowest BCUT2D eigenvalue weighted by Crippen LogP contribution is -2.63. The zero-order valence-corrected chi connectivity index (χ0v) is 9.02. The third kappa shape index (κ3) is 2.25. The van der Waals surface area contributed by atoms with Crippen LogP contribution in [0.1, 0.15) is 0 Å². The largest absolute Gasteiger partial charge is 0.395 e. The highest BCUT2D eigenvalue weighted by atomic mass is 16.3. The Hall–Kier alpha value is -0.160. The van der Waals surface area contributed by atoms with Crippen molar-refractivity contribution in [2.45, 2.75) is 6.04 Å². The molecular formula is C10H21N3O. The summed E-state index contributed by atoms with van der Waals surface area (Å²) in [7, 11) is 2.19. The van der Waals surface area contributed by atoms with Crippen LogP contribution in [0, 0.1) is 0 Å². The Morgan fingerprint density at radius 2 is 1.79 bits per heavy atom. The summed E-state index contributed by atoms with van der Waals surface area (Å²) in [6, 6.07) is 0.759. The number of rotatable bonds is 3. The summed E-state index contributed by atoms with van der Waals surface area (Å²) in [5, 5.41) is 8.77. The lowest BCUT2D eigenvalue weighted by Gasteiger charge is -2.47. The monoisotopic (exact) mass is 199 g/mol. The van der Waals surface area contributed by atoms with E-state index < -0.39 is 0 Å². The van der Waals surface area contributed by atoms with Crippen molar-refractivity contribution in [2.75, 3.05) is 59.5 Å². The molecule has 0 unspecified atom stereocenters. The van der Waals surface area contributed by atoms with Gasteiger partial charge in [-0.25, -0.2) is 0 Å². The number of hydrogen-bond acceptors (Lipinski definition) is 4. The number of β-amino-alcohol motifs (C(OH)–C–C–N with tert-alkyl or cyclic N) is 1. The van der Waals surface area contributed by atoms with E-state index >= 15 is 0 Å². The molecule has 2 aliphatic heterocycles. The first-order chi connectivity index (χ1) is 6.79. The minimum atomic E-state index is 0.301. The van der Waals surface area contributed by atoms with Gasteiger partial charge in [0.25, 0.3) is 0 Å². The minimum Gasteiger partial charge on any atom is -0.395 e. The first kappa shape index (κ1) is 10.4. The van der Waals surface area contributed by atoms with E-state index in [9.17, 15) is 0 Å². The highest BCUT2D eigenvalue weighted by Gasteiger charge is 2.32. The molecule has 2 rings (SSSR count). The molecule has 0 aliphatic carbocycles. The van der Waals surface area contributed by atoms with Gasteiger partial charge in [0.2, 0.25) is 0 Å². The van der Waals surface area contributed by atoms with Gasteiger partial charge >= 0.3 is 0 Å². The van der Waals surface area contributed by atoms with Crippen molar-refractivity contribution in [1.29, 1.82) is 0 Å².